The number of piperidine rings is 1. The van der Waals surface area contributed by atoms with Gasteiger partial charge in [0, 0.05) is 42.3 Å². The molecule has 2 aliphatic rings. The molecule has 5 heterocycles. The van der Waals surface area contributed by atoms with Crippen LogP contribution in [-0.4, -0.2) is 69.6 Å². The molecule has 4 aromatic rings. The molecule has 10 nitrogen and oxygen atoms in total. The maximum Gasteiger partial charge on any atom is 0.329 e. The zero-order valence-corrected chi connectivity index (χ0v) is 24.7. The first kappa shape index (κ1) is 28.5. The van der Waals surface area contributed by atoms with Crippen molar-refractivity contribution in [2.75, 3.05) is 17.1 Å². The number of rotatable bonds is 8. The first-order valence-electron chi connectivity index (χ1n) is 14.3. The van der Waals surface area contributed by atoms with Crippen molar-refractivity contribution in [2.24, 2.45) is 11.7 Å². The molecule has 4 aromatic heterocycles. The largest absolute Gasteiger partial charge is 0.334 e. The van der Waals surface area contributed by atoms with Crippen LogP contribution in [0.1, 0.15) is 55.6 Å². The van der Waals surface area contributed by atoms with E-state index < -0.39 is 16.6 Å². The molecule has 1 saturated heterocycles. The van der Waals surface area contributed by atoms with Gasteiger partial charge >= 0.3 is 6.55 Å². The number of fused-ring (bicyclic) bond motifs is 2. The molecule has 0 unspecified atom stereocenters. The predicted molar refractivity (Wildman–Crippen MR) is 157 cm³/mol. The molecule has 2 N–H and O–H groups in total. The van der Waals surface area contributed by atoms with Crippen LogP contribution in [0.3, 0.4) is 0 Å². The zero-order chi connectivity index (χ0) is 29.9. The van der Waals surface area contributed by atoms with E-state index in [1.54, 1.807) is 12.1 Å². The number of sulfonamides is 1. The second-order valence-corrected chi connectivity index (χ2v) is 13.4. The van der Waals surface area contributed by atoms with Gasteiger partial charge in [0.2, 0.25) is 10.0 Å². The highest BCUT2D eigenvalue weighted by atomic mass is 32.2. The lowest BCUT2D eigenvalue weighted by Gasteiger charge is -2.36. The van der Waals surface area contributed by atoms with Crippen molar-refractivity contribution in [1.29, 1.82) is 0 Å². The molecule has 13 heteroatoms. The van der Waals surface area contributed by atoms with Crippen molar-refractivity contribution in [3.63, 3.8) is 0 Å². The number of anilines is 1. The molecule has 0 radical (unpaired) electrons. The number of likely N-dealkylation sites (tertiary alicyclic amines) is 1. The van der Waals surface area contributed by atoms with Crippen LogP contribution >= 0.6 is 0 Å². The van der Waals surface area contributed by atoms with Crippen molar-refractivity contribution in [1.82, 2.24) is 23.8 Å². The van der Waals surface area contributed by atoms with E-state index in [9.17, 15) is 22.0 Å². The number of halogens is 2. The lowest BCUT2D eigenvalue weighted by atomic mass is 9.99. The average Bonchev–Trinajstić information content (AvgIpc) is 3.58. The Balaban J connectivity index is 1.46. The Hall–Kier alpha value is -3.58. The number of amides is 1. The lowest BCUT2D eigenvalue weighted by molar-refractivity contribution is 0.0612. The Morgan fingerprint density at radius 3 is 2.57 bits per heavy atom. The predicted octanol–water partition coefficient (Wildman–Crippen LogP) is 4.26. The first-order chi connectivity index (χ1) is 20.0. The van der Waals surface area contributed by atoms with Crippen LogP contribution in [0.15, 0.2) is 36.5 Å². The summed E-state index contributed by atoms with van der Waals surface area (Å²) in [5, 5.41) is 0.697. The van der Waals surface area contributed by atoms with Crippen LogP contribution in [0.2, 0.25) is 0 Å². The van der Waals surface area contributed by atoms with Crippen LogP contribution in [0.4, 0.5) is 14.6 Å². The molecule has 2 atom stereocenters. The SMILES string of the molecule is CCc1c(-c2cc3ccc(N(C(F)F)S(C)(=O)=O)nc3n2CC2CC2)nc2cc(C(=O)N3C[C@H](N)CC[C@@H]3C)ccn12. The van der Waals surface area contributed by atoms with Crippen molar-refractivity contribution < 1.29 is 22.0 Å². The number of nitrogens with two attached hydrogens (primary N) is 1. The Morgan fingerprint density at radius 2 is 1.90 bits per heavy atom. The molecule has 0 spiro atoms. The third-order valence-electron chi connectivity index (χ3n) is 8.36. The fourth-order valence-corrected chi connectivity index (χ4v) is 6.68. The van der Waals surface area contributed by atoms with Crippen LogP contribution in [-0.2, 0) is 23.0 Å². The van der Waals surface area contributed by atoms with E-state index >= 15 is 0 Å². The second-order valence-electron chi connectivity index (χ2n) is 11.6. The quantitative estimate of drug-likeness (QED) is 0.302. The number of pyridine rings is 2. The summed E-state index contributed by atoms with van der Waals surface area (Å²) in [5.74, 6) is 0.00849. The Bertz CT molecular complexity index is 1780. The minimum atomic E-state index is -4.25. The van der Waals surface area contributed by atoms with Gasteiger partial charge in [-0.3, -0.25) is 4.79 Å². The monoisotopic (exact) mass is 599 g/mol. The molecule has 1 aliphatic heterocycles. The minimum absolute atomic E-state index is 0.0358. The summed E-state index contributed by atoms with van der Waals surface area (Å²) in [6.45, 7) is 1.93. The molecule has 0 bridgehead atoms. The number of carbonyl (C=O) groups excluding carboxylic acids is 1. The van der Waals surface area contributed by atoms with E-state index in [-0.39, 0.29) is 28.1 Å². The number of aromatic nitrogens is 4. The standard InChI is InChI=1S/C29H35F2N7O3S/c1-4-22-26(33-25-14-20(11-12-35(22)25)28(39)36-16-21(32)9-5-17(36)2)23-13-19-8-10-24(38(29(30)31)42(3,40)41)34-27(19)37(23)15-18-6-7-18/h8,10-14,17-18,21,29H,4-7,9,15-16,32H2,1-3H3/t17-,21+/m0/s1. The molecule has 2 fully saturated rings. The van der Waals surface area contributed by atoms with E-state index in [2.05, 4.69) is 4.98 Å². The topological polar surface area (TPSA) is 119 Å². The number of hydrogen-bond acceptors (Lipinski definition) is 6. The van der Waals surface area contributed by atoms with Gasteiger partial charge in [0.15, 0.2) is 0 Å². The maximum absolute atomic E-state index is 13.8. The van der Waals surface area contributed by atoms with Crippen molar-refractivity contribution in [2.45, 2.75) is 71.1 Å². The van der Waals surface area contributed by atoms with Gasteiger partial charge in [-0.2, -0.15) is 13.1 Å². The highest BCUT2D eigenvalue weighted by Crippen LogP contribution is 2.37. The molecule has 1 aliphatic carbocycles. The summed E-state index contributed by atoms with van der Waals surface area (Å²) < 4.78 is 55.9. The smallest absolute Gasteiger partial charge is 0.329 e. The second kappa shape index (κ2) is 10.6. The number of alkyl halides is 2. The molecule has 0 aromatic carbocycles. The van der Waals surface area contributed by atoms with E-state index in [1.807, 2.05) is 46.0 Å². The Labute approximate surface area is 243 Å². The van der Waals surface area contributed by atoms with Gasteiger partial charge in [0.1, 0.15) is 22.8 Å². The molecule has 224 valence electrons. The fraction of sp³-hybridized carbons (Fsp3) is 0.483. The Kier molecular flexibility index (Phi) is 7.20. The van der Waals surface area contributed by atoms with Gasteiger partial charge in [-0.15, -0.1) is 0 Å². The fourth-order valence-electron chi connectivity index (χ4n) is 5.95. The summed E-state index contributed by atoms with van der Waals surface area (Å²) in [7, 11) is -4.25. The van der Waals surface area contributed by atoms with Crippen molar-refractivity contribution in [3.05, 3.63) is 47.8 Å². The van der Waals surface area contributed by atoms with Crippen LogP contribution in [0, 0.1) is 5.92 Å². The summed E-state index contributed by atoms with van der Waals surface area (Å²) in [5.41, 5.74) is 10.2. The summed E-state index contributed by atoms with van der Waals surface area (Å²) in [6.07, 6.45) is 7.10. The highest BCUT2D eigenvalue weighted by molar-refractivity contribution is 7.92. The van der Waals surface area contributed by atoms with Gasteiger partial charge in [-0.25, -0.2) is 18.4 Å². The summed E-state index contributed by atoms with van der Waals surface area (Å²) >= 11 is 0. The van der Waals surface area contributed by atoms with E-state index in [4.69, 9.17) is 10.7 Å². The Morgan fingerprint density at radius 1 is 1.14 bits per heavy atom. The van der Waals surface area contributed by atoms with Gasteiger partial charge in [0.25, 0.3) is 5.91 Å². The molecule has 6 rings (SSSR count). The number of aryl methyl sites for hydroxylation is 1. The van der Waals surface area contributed by atoms with E-state index in [0.29, 0.717) is 53.4 Å². The number of nitrogens with zero attached hydrogens (tertiary/aromatic N) is 6. The van der Waals surface area contributed by atoms with Crippen molar-refractivity contribution in [3.8, 4) is 11.4 Å². The van der Waals surface area contributed by atoms with Gasteiger partial charge in [0.05, 0.1) is 17.6 Å². The van der Waals surface area contributed by atoms with Crippen LogP contribution < -0.4 is 10.0 Å². The third kappa shape index (κ3) is 5.13. The highest BCUT2D eigenvalue weighted by Gasteiger charge is 2.31. The summed E-state index contributed by atoms with van der Waals surface area (Å²) in [4.78, 5) is 24.7. The molecule has 1 amide bonds. The van der Waals surface area contributed by atoms with Gasteiger partial charge < -0.3 is 19.6 Å². The summed E-state index contributed by atoms with van der Waals surface area (Å²) in [6, 6.07) is 8.52. The van der Waals surface area contributed by atoms with E-state index in [0.717, 1.165) is 43.3 Å². The molecule has 42 heavy (non-hydrogen) atoms. The normalized spacial score (nSPS) is 19.7. The van der Waals surface area contributed by atoms with E-state index in [1.165, 1.54) is 6.07 Å². The molecule has 1 saturated carbocycles. The third-order valence-corrected chi connectivity index (χ3v) is 9.42. The average molecular weight is 600 g/mol. The maximum atomic E-state index is 13.8. The zero-order valence-electron chi connectivity index (χ0n) is 23.9. The van der Waals surface area contributed by atoms with Crippen LogP contribution in [0.25, 0.3) is 28.1 Å². The van der Waals surface area contributed by atoms with Crippen molar-refractivity contribution >= 4 is 38.4 Å². The molecular formula is C29H35F2N7O3S. The minimum Gasteiger partial charge on any atom is -0.334 e. The van der Waals surface area contributed by atoms with Gasteiger partial charge in [-0.1, -0.05) is 6.92 Å². The van der Waals surface area contributed by atoms with Gasteiger partial charge in [-0.05, 0) is 75.3 Å². The first-order valence-corrected chi connectivity index (χ1v) is 16.2. The lowest BCUT2D eigenvalue weighted by Crippen LogP contribution is -2.50. The molecular weight excluding hydrogens is 564 g/mol. The number of hydrogen-bond donors (Lipinski definition) is 1. The number of imidazole rings is 1. The van der Waals surface area contributed by atoms with Crippen LogP contribution in [0.5, 0.6) is 0 Å². The number of carbonyl (C=O) groups is 1.